The van der Waals surface area contributed by atoms with E-state index in [0.29, 0.717) is 5.69 Å². The first-order valence-corrected chi connectivity index (χ1v) is 5.70. The van der Waals surface area contributed by atoms with E-state index in [2.05, 4.69) is 5.10 Å². The van der Waals surface area contributed by atoms with Crippen LogP contribution in [0.25, 0.3) is 10.6 Å². The van der Waals surface area contributed by atoms with Crippen LogP contribution in [0, 0.1) is 0 Å². The number of nitrogens with two attached hydrogens (primary N) is 1. The van der Waals surface area contributed by atoms with Gasteiger partial charge in [-0.3, -0.25) is 4.68 Å². The van der Waals surface area contributed by atoms with Gasteiger partial charge in [0.25, 0.3) is 0 Å². The summed E-state index contributed by atoms with van der Waals surface area (Å²) in [6, 6.07) is 3.53. The summed E-state index contributed by atoms with van der Waals surface area (Å²) >= 11 is 1.36. The van der Waals surface area contributed by atoms with E-state index in [9.17, 15) is 13.2 Å². The van der Waals surface area contributed by atoms with E-state index in [4.69, 9.17) is 5.73 Å². The highest BCUT2D eigenvalue weighted by Gasteiger charge is 2.38. The molecule has 2 N–H and O–H groups in total. The zero-order valence-electron chi connectivity index (χ0n) is 8.95. The quantitative estimate of drug-likeness (QED) is 0.903. The van der Waals surface area contributed by atoms with Gasteiger partial charge in [-0.2, -0.15) is 18.3 Å². The predicted molar refractivity (Wildman–Crippen MR) is 59.4 cm³/mol. The minimum atomic E-state index is -4.47. The van der Waals surface area contributed by atoms with Crippen LogP contribution in [0.3, 0.4) is 0 Å². The summed E-state index contributed by atoms with van der Waals surface area (Å²) in [5.74, 6) is 0. The number of halogens is 3. The maximum absolute atomic E-state index is 12.7. The number of alkyl halides is 3. The first-order chi connectivity index (χ1) is 7.95. The summed E-state index contributed by atoms with van der Waals surface area (Å²) in [6.07, 6.45) is -4.47. The number of rotatable bonds is 2. The summed E-state index contributed by atoms with van der Waals surface area (Å²) in [6.45, 7) is -0.185. The van der Waals surface area contributed by atoms with Crippen molar-refractivity contribution in [3.8, 4) is 10.6 Å². The fraction of sp³-hybridized carbons (Fsp3) is 0.300. The molecule has 0 bridgehead atoms. The van der Waals surface area contributed by atoms with Crippen molar-refractivity contribution in [3.05, 3.63) is 28.8 Å². The SMILES string of the molecule is Cn1nc(C(F)(F)F)c(CN)c1-c1cccs1. The highest BCUT2D eigenvalue weighted by atomic mass is 32.1. The van der Waals surface area contributed by atoms with E-state index in [1.165, 1.54) is 23.1 Å². The third-order valence-electron chi connectivity index (χ3n) is 2.37. The lowest BCUT2D eigenvalue weighted by molar-refractivity contribution is -0.142. The van der Waals surface area contributed by atoms with E-state index in [0.717, 1.165) is 4.88 Å². The Morgan fingerprint density at radius 2 is 2.18 bits per heavy atom. The molecule has 0 aromatic carbocycles. The van der Waals surface area contributed by atoms with Crippen molar-refractivity contribution >= 4 is 11.3 Å². The normalized spacial score (nSPS) is 12.1. The highest BCUT2D eigenvalue weighted by Crippen LogP contribution is 2.37. The molecule has 0 aliphatic rings. The number of aromatic nitrogens is 2. The van der Waals surface area contributed by atoms with Crippen LogP contribution >= 0.6 is 11.3 Å². The lowest BCUT2D eigenvalue weighted by Crippen LogP contribution is -2.11. The Morgan fingerprint density at radius 1 is 1.47 bits per heavy atom. The lowest BCUT2D eigenvalue weighted by Gasteiger charge is -2.05. The average molecular weight is 261 g/mol. The molecule has 3 nitrogen and oxygen atoms in total. The third-order valence-corrected chi connectivity index (χ3v) is 3.25. The number of thiophene rings is 1. The average Bonchev–Trinajstić information content (AvgIpc) is 2.82. The van der Waals surface area contributed by atoms with Crippen molar-refractivity contribution < 1.29 is 13.2 Å². The minimum absolute atomic E-state index is 0.0439. The molecule has 17 heavy (non-hydrogen) atoms. The molecule has 0 saturated heterocycles. The largest absolute Gasteiger partial charge is 0.435 e. The molecule has 2 aromatic rings. The molecule has 0 unspecified atom stereocenters. The van der Waals surface area contributed by atoms with Crippen molar-refractivity contribution in [3.63, 3.8) is 0 Å². The van der Waals surface area contributed by atoms with Gasteiger partial charge in [0, 0.05) is 19.2 Å². The van der Waals surface area contributed by atoms with E-state index < -0.39 is 11.9 Å². The second-order valence-electron chi connectivity index (χ2n) is 3.48. The Hall–Kier alpha value is -1.34. The molecule has 92 valence electrons. The number of hydrogen-bond acceptors (Lipinski definition) is 3. The van der Waals surface area contributed by atoms with Crippen LogP contribution < -0.4 is 5.73 Å². The monoisotopic (exact) mass is 261 g/mol. The van der Waals surface area contributed by atoms with E-state index in [1.54, 1.807) is 17.5 Å². The second-order valence-corrected chi connectivity index (χ2v) is 4.43. The Balaban J connectivity index is 2.65. The molecule has 0 aliphatic carbocycles. The summed E-state index contributed by atoms with van der Waals surface area (Å²) in [4.78, 5) is 0.732. The summed E-state index contributed by atoms with van der Waals surface area (Å²) in [5.41, 5.74) is 5.01. The lowest BCUT2D eigenvalue weighted by atomic mass is 10.1. The van der Waals surface area contributed by atoms with Crippen molar-refractivity contribution in [1.82, 2.24) is 9.78 Å². The van der Waals surface area contributed by atoms with Crippen LogP contribution in [0.1, 0.15) is 11.3 Å². The van der Waals surface area contributed by atoms with Crippen molar-refractivity contribution in [2.45, 2.75) is 12.7 Å². The molecule has 0 amide bonds. The number of aryl methyl sites for hydroxylation is 1. The zero-order valence-corrected chi connectivity index (χ0v) is 9.77. The molecular weight excluding hydrogens is 251 g/mol. The summed E-state index contributed by atoms with van der Waals surface area (Å²) in [5, 5.41) is 5.33. The van der Waals surface area contributed by atoms with Crippen molar-refractivity contribution in [2.75, 3.05) is 0 Å². The first-order valence-electron chi connectivity index (χ1n) is 4.82. The molecule has 0 fully saturated rings. The van der Waals surface area contributed by atoms with Crippen molar-refractivity contribution in [1.29, 1.82) is 0 Å². The van der Waals surface area contributed by atoms with Crippen LogP contribution in [-0.2, 0) is 19.8 Å². The van der Waals surface area contributed by atoms with Crippen LogP contribution in [0.15, 0.2) is 17.5 Å². The second kappa shape index (κ2) is 4.15. The molecule has 0 aliphatic heterocycles. The fourth-order valence-corrected chi connectivity index (χ4v) is 2.54. The van der Waals surface area contributed by atoms with Gasteiger partial charge in [0.15, 0.2) is 5.69 Å². The predicted octanol–water partition coefficient (Wildman–Crippen LogP) is 2.63. The van der Waals surface area contributed by atoms with Gasteiger partial charge >= 0.3 is 6.18 Å². The molecule has 7 heteroatoms. The fourth-order valence-electron chi connectivity index (χ4n) is 1.71. The number of nitrogens with zero attached hydrogens (tertiary/aromatic N) is 2. The third kappa shape index (κ3) is 2.07. The van der Waals surface area contributed by atoms with E-state index in [-0.39, 0.29) is 12.1 Å². The standard InChI is InChI=1S/C10H10F3N3S/c1-16-8(7-3-2-4-17-7)6(5-14)9(15-16)10(11,12)13/h2-4H,5,14H2,1H3. The van der Waals surface area contributed by atoms with Crippen LogP contribution in [0.4, 0.5) is 13.2 Å². The maximum Gasteiger partial charge on any atom is 0.435 e. The molecule has 0 atom stereocenters. The highest BCUT2D eigenvalue weighted by molar-refractivity contribution is 7.13. The Kier molecular flexibility index (Phi) is 2.96. The Morgan fingerprint density at radius 3 is 2.65 bits per heavy atom. The van der Waals surface area contributed by atoms with Gasteiger partial charge in [-0.25, -0.2) is 0 Å². The van der Waals surface area contributed by atoms with Crippen LogP contribution in [-0.4, -0.2) is 9.78 Å². The molecule has 2 rings (SSSR count). The van der Waals surface area contributed by atoms with Gasteiger partial charge in [-0.05, 0) is 11.4 Å². The maximum atomic E-state index is 12.7. The molecule has 2 aromatic heterocycles. The smallest absolute Gasteiger partial charge is 0.326 e. The van der Waals surface area contributed by atoms with Crippen molar-refractivity contribution in [2.24, 2.45) is 12.8 Å². The molecule has 2 heterocycles. The Bertz CT molecular complexity index is 514. The zero-order chi connectivity index (χ0) is 12.6. The van der Waals surface area contributed by atoms with Crippen LogP contribution in [0.5, 0.6) is 0 Å². The summed E-state index contributed by atoms with van der Waals surface area (Å²) in [7, 11) is 1.49. The first kappa shape index (κ1) is 12.1. The van der Waals surface area contributed by atoms with Gasteiger partial charge in [0.2, 0.25) is 0 Å². The summed E-state index contributed by atoms with van der Waals surface area (Å²) < 4.78 is 39.5. The molecule has 0 saturated carbocycles. The van der Waals surface area contributed by atoms with Crippen LogP contribution in [0.2, 0.25) is 0 Å². The van der Waals surface area contributed by atoms with Gasteiger partial charge in [-0.1, -0.05) is 6.07 Å². The van der Waals surface area contributed by atoms with Gasteiger partial charge in [0.1, 0.15) is 0 Å². The molecule has 0 radical (unpaired) electrons. The van der Waals surface area contributed by atoms with Gasteiger partial charge < -0.3 is 5.73 Å². The van der Waals surface area contributed by atoms with E-state index >= 15 is 0 Å². The van der Waals surface area contributed by atoms with E-state index in [1.807, 2.05) is 0 Å². The number of hydrogen-bond donors (Lipinski definition) is 1. The molecular formula is C10H10F3N3S. The topological polar surface area (TPSA) is 43.8 Å². The minimum Gasteiger partial charge on any atom is -0.326 e. The molecule has 0 spiro atoms. The van der Waals surface area contributed by atoms with Gasteiger partial charge in [-0.15, -0.1) is 11.3 Å². The van der Waals surface area contributed by atoms with Gasteiger partial charge in [0.05, 0.1) is 10.6 Å². The Labute approximate surface area is 99.7 Å².